The highest BCUT2D eigenvalue weighted by molar-refractivity contribution is 7.45. The largest absolute Gasteiger partial charge is 0.466 e. The van der Waals surface area contributed by atoms with Gasteiger partial charge in [-0.2, -0.15) is 0 Å². The number of phosphoric acid groups is 1. The average Bonchev–Trinajstić information content (AvgIpc) is 2.56. The highest BCUT2D eigenvalue weighted by Gasteiger charge is 2.00. The highest BCUT2D eigenvalue weighted by Crippen LogP contribution is 2.25. The van der Waals surface area contributed by atoms with Gasteiger partial charge in [0.25, 0.3) is 0 Å². The second-order valence-electron chi connectivity index (χ2n) is 6.80. The van der Waals surface area contributed by atoms with Gasteiger partial charge in [0.2, 0.25) is 0 Å². The maximum absolute atomic E-state index is 8.88. The molecule has 0 saturated heterocycles. The summed E-state index contributed by atoms with van der Waals surface area (Å²) in [5.41, 5.74) is 0. The molecule has 0 fully saturated rings. The van der Waals surface area contributed by atoms with Gasteiger partial charge in [0.05, 0.1) is 0 Å². The van der Waals surface area contributed by atoms with Crippen LogP contribution in [-0.4, -0.2) is 27.8 Å². The third kappa shape index (κ3) is 39.1. The summed E-state index contributed by atoms with van der Waals surface area (Å²) >= 11 is 0. The predicted molar refractivity (Wildman–Crippen MR) is 112 cm³/mol. The van der Waals surface area contributed by atoms with Gasteiger partial charge >= 0.3 is 7.82 Å². The lowest BCUT2D eigenvalue weighted by Gasteiger charge is -2.01. The zero-order valence-corrected chi connectivity index (χ0v) is 18.1. The van der Waals surface area contributed by atoms with Crippen LogP contribution in [0.4, 0.5) is 0 Å². The van der Waals surface area contributed by atoms with E-state index in [1.54, 1.807) is 0 Å². The Kier molecular flexibility index (Phi) is 24.6. The molecule has 6 heteroatoms. The zero-order valence-electron chi connectivity index (χ0n) is 17.2. The molecule has 26 heavy (non-hydrogen) atoms. The van der Waals surface area contributed by atoms with Crippen molar-refractivity contribution in [3.63, 3.8) is 0 Å². The smallest absolute Gasteiger partial charge is 0.317 e. The number of nitrogens with one attached hydrogen (secondary N) is 1. The SMILES string of the molecule is CCCCCCCCC=CCCCCCCCCNCC.O=P(O)(O)O. The van der Waals surface area contributed by atoms with E-state index in [1.165, 1.54) is 96.4 Å². The molecule has 0 saturated carbocycles. The Balaban J connectivity index is 0. The third-order valence-corrected chi connectivity index (χ3v) is 4.12. The zero-order chi connectivity index (χ0) is 19.9. The minimum atomic E-state index is -4.64. The number of allylic oxidation sites excluding steroid dienone is 2. The van der Waals surface area contributed by atoms with E-state index < -0.39 is 7.82 Å². The molecule has 5 nitrogen and oxygen atoms in total. The number of hydrogen-bond donors (Lipinski definition) is 4. The summed E-state index contributed by atoms with van der Waals surface area (Å²) in [7, 11) is -4.64. The molecular formula is C20H44NO4P. The van der Waals surface area contributed by atoms with Crippen LogP contribution in [0.2, 0.25) is 0 Å². The first kappa shape index (κ1) is 28.0. The van der Waals surface area contributed by atoms with Crippen molar-refractivity contribution < 1.29 is 19.2 Å². The van der Waals surface area contributed by atoms with Crippen molar-refractivity contribution in [2.24, 2.45) is 0 Å². The Morgan fingerprint density at radius 1 is 0.692 bits per heavy atom. The first-order valence-corrected chi connectivity index (χ1v) is 12.1. The van der Waals surface area contributed by atoms with Crippen LogP contribution in [0, 0.1) is 0 Å². The van der Waals surface area contributed by atoms with Gasteiger partial charge in [0.1, 0.15) is 0 Å². The second kappa shape index (κ2) is 22.9. The van der Waals surface area contributed by atoms with Gasteiger partial charge in [-0.3, -0.25) is 0 Å². The van der Waals surface area contributed by atoms with Gasteiger partial charge in [-0.05, 0) is 45.2 Å². The molecule has 0 aromatic heterocycles. The molecular weight excluding hydrogens is 349 g/mol. The topological polar surface area (TPSA) is 89.8 Å². The summed E-state index contributed by atoms with van der Waals surface area (Å²) in [5, 5.41) is 3.39. The lowest BCUT2D eigenvalue weighted by atomic mass is 10.1. The van der Waals surface area contributed by atoms with Crippen molar-refractivity contribution in [1.82, 2.24) is 5.32 Å². The quantitative estimate of drug-likeness (QED) is 0.144. The monoisotopic (exact) mass is 393 g/mol. The van der Waals surface area contributed by atoms with E-state index in [9.17, 15) is 0 Å². The molecule has 0 heterocycles. The first-order valence-electron chi connectivity index (χ1n) is 10.6. The van der Waals surface area contributed by atoms with Crippen molar-refractivity contribution in [3.05, 3.63) is 12.2 Å². The Hall–Kier alpha value is -0.190. The minimum absolute atomic E-state index is 1.12. The van der Waals surface area contributed by atoms with Crippen LogP contribution in [0.15, 0.2) is 12.2 Å². The fourth-order valence-corrected chi connectivity index (χ4v) is 2.67. The fourth-order valence-electron chi connectivity index (χ4n) is 2.67. The van der Waals surface area contributed by atoms with Crippen molar-refractivity contribution in [1.29, 1.82) is 0 Å². The Morgan fingerprint density at radius 2 is 1.08 bits per heavy atom. The molecule has 158 valence electrons. The summed E-state index contributed by atoms with van der Waals surface area (Å²) in [5.74, 6) is 0. The van der Waals surface area contributed by atoms with Crippen LogP contribution in [0.25, 0.3) is 0 Å². The van der Waals surface area contributed by atoms with Crippen molar-refractivity contribution in [2.75, 3.05) is 13.1 Å². The molecule has 0 bridgehead atoms. The molecule has 0 aromatic carbocycles. The summed E-state index contributed by atoms with van der Waals surface area (Å²) in [6.07, 6.45) is 24.3. The number of hydrogen-bond acceptors (Lipinski definition) is 2. The fraction of sp³-hybridized carbons (Fsp3) is 0.900. The van der Waals surface area contributed by atoms with Gasteiger partial charge in [-0.15, -0.1) is 0 Å². The molecule has 0 radical (unpaired) electrons. The molecule has 0 amide bonds. The van der Waals surface area contributed by atoms with Crippen LogP contribution >= 0.6 is 7.82 Å². The molecule has 4 N–H and O–H groups in total. The second-order valence-corrected chi connectivity index (χ2v) is 7.83. The van der Waals surface area contributed by atoms with Gasteiger partial charge in [0.15, 0.2) is 0 Å². The van der Waals surface area contributed by atoms with Crippen LogP contribution in [-0.2, 0) is 4.57 Å². The molecule has 0 aromatic rings. The Bertz CT molecular complexity index is 324. The van der Waals surface area contributed by atoms with Gasteiger partial charge < -0.3 is 20.0 Å². The maximum Gasteiger partial charge on any atom is 0.466 e. The molecule has 0 aliphatic heterocycles. The maximum atomic E-state index is 8.88. The Labute approximate surface area is 161 Å². The summed E-state index contributed by atoms with van der Waals surface area (Å²) in [6, 6.07) is 0. The number of rotatable bonds is 17. The Morgan fingerprint density at radius 3 is 1.50 bits per heavy atom. The van der Waals surface area contributed by atoms with Crippen molar-refractivity contribution >= 4 is 7.82 Å². The van der Waals surface area contributed by atoms with Gasteiger partial charge in [-0.1, -0.05) is 83.8 Å². The normalized spacial score (nSPS) is 11.6. The molecule has 0 unspecified atom stereocenters. The van der Waals surface area contributed by atoms with Crippen LogP contribution in [0.1, 0.15) is 104 Å². The molecule has 0 atom stereocenters. The van der Waals surface area contributed by atoms with Gasteiger partial charge in [-0.25, -0.2) is 4.57 Å². The van der Waals surface area contributed by atoms with E-state index >= 15 is 0 Å². The highest BCUT2D eigenvalue weighted by atomic mass is 31.2. The predicted octanol–water partition coefficient (Wildman–Crippen LogP) is 5.70. The van der Waals surface area contributed by atoms with Crippen LogP contribution in [0.5, 0.6) is 0 Å². The van der Waals surface area contributed by atoms with Crippen molar-refractivity contribution in [3.8, 4) is 0 Å². The van der Waals surface area contributed by atoms with E-state index in [2.05, 4.69) is 31.3 Å². The van der Waals surface area contributed by atoms with E-state index in [0.717, 1.165) is 6.54 Å². The summed E-state index contributed by atoms with van der Waals surface area (Å²) in [6.45, 7) is 6.79. The average molecular weight is 394 g/mol. The molecule has 0 spiro atoms. The lowest BCUT2D eigenvalue weighted by molar-refractivity contribution is 0.275. The van der Waals surface area contributed by atoms with Gasteiger partial charge in [0, 0.05) is 0 Å². The van der Waals surface area contributed by atoms with Crippen LogP contribution < -0.4 is 5.32 Å². The van der Waals surface area contributed by atoms with E-state index in [1.807, 2.05) is 0 Å². The molecule has 0 aliphatic rings. The van der Waals surface area contributed by atoms with Crippen molar-refractivity contribution in [2.45, 2.75) is 104 Å². The van der Waals surface area contributed by atoms with E-state index in [0.29, 0.717) is 0 Å². The number of unbranched alkanes of at least 4 members (excludes halogenated alkanes) is 12. The van der Waals surface area contributed by atoms with E-state index in [4.69, 9.17) is 19.2 Å². The molecule has 0 rings (SSSR count). The third-order valence-electron chi connectivity index (χ3n) is 4.12. The molecule has 0 aliphatic carbocycles. The summed E-state index contributed by atoms with van der Waals surface area (Å²) < 4.78 is 8.88. The summed E-state index contributed by atoms with van der Waals surface area (Å²) in [4.78, 5) is 21.6. The standard InChI is InChI=1S/C20H41N.H3O4P/c1-3-5-6-7-8-9-10-11-12-13-14-15-16-17-18-19-20-21-4-2;1-5(2,3)4/h11-12,21H,3-10,13-20H2,1-2H3;(H3,1,2,3,4). The van der Waals surface area contributed by atoms with E-state index in [-0.39, 0.29) is 0 Å². The first-order chi connectivity index (χ1) is 12.4. The minimum Gasteiger partial charge on any atom is -0.317 e. The lowest BCUT2D eigenvalue weighted by Crippen LogP contribution is -2.13. The van der Waals surface area contributed by atoms with Crippen LogP contribution in [0.3, 0.4) is 0 Å².